The van der Waals surface area contributed by atoms with Gasteiger partial charge in [0, 0.05) is 154 Å². The third-order valence-electron chi connectivity index (χ3n) is 17.3. The fraction of sp³-hybridized carbons (Fsp3) is 0.354. The van der Waals surface area contributed by atoms with E-state index in [4.69, 9.17) is 58.8 Å². The molecule has 1 fully saturated rings. The average Bonchev–Trinajstić information content (AvgIpc) is 1.58. The molecule has 0 aliphatic carbocycles. The lowest BCUT2D eigenvalue weighted by atomic mass is 10.1. The highest BCUT2D eigenvalue weighted by Gasteiger charge is 2.23. The summed E-state index contributed by atoms with van der Waals surface area (Å²) in [6.45, 7) is 12.8. The molecule has 0 radical (unpaired) electrons. The van der Waals surface area contributed by atoms with Gasteiger partial charge in [-0.15, -0.1) is 0 Å². The zero-order valence-electron chi connectivity index (χ0n) is 60.6. The third kappa shape index (κ3) is 19.6. The van der Waals surface area contributed by atoms with E-state index < -0.39 is 6.10 Å². The van der Waals surface area contributed by atoms with Crippen LogP contribution in [-0.2, 0) is 18.8 Å². The first-order chi connectivity index (χ1) is 50.0. The standard InChI is InChI=1S/C29H36N6O3.C25H30N6O2.C23H26N6O3.2CH4/c1-20(2)30-12-13-34(27-16-23(36-3)9-11-28(27)37-4)22-8-10-24-25(15-22)33-26(18-31-24)21-17-32-35(19-21)29-7-5-6-14-38-29;1-17(2)26-10-11-31(24-13-20(32-4)7-9-25(24)33-5)19-6-8-21-22(12-19)29-23(15-27-21)18-14-28-30(3)16-18;1-28-13-15(11-26-28)23-12-25-21-5-4-16(8-22(21)27-23)29(14-18(30)10-24)17-6-19(31-2)9-20(7-17)32-3;;/h8-11,15-20,29-30H,5-7,12-14H2,1-4H3;6-9,12-17,26H,10-11H2,1-5H3;4-9,11-13,18,30H,10,14,24H2,1-3H3;2*1H4. The lowest BCUT2D eigenvalue weighted by Gasteiger charge is -2.28. The van der Waals surface area contributed by atoms with Crippen molar-refractivity contribution < 1.29 is 38.3 Å². The van der Waals surface area contributed by atoms with E-state index in [0.717, 1.165) is 176 Å². The molecule has 1 saturated heterocycles. The molecule has 12 aromatic rings. The summed E-state index contributed by atoms with van der Waals surface area (Å²) < 4.78 is 44.6. The van der Waals surface area contributed by atoms with Crippen LogP contribution in [0.15, 0.2) is 165 Å². The molecule has 1 aliphatic heterocycles. The van der Waals surface area contributed by atoms with Crippen LogP contribution in [0.1, 0.15) is 68.0 Å². The molecular weight excluding hydrogens is 1330 g/mol. The molecule has 6 aromatic heterocycles. The molecule has 105 heavy (non-hydrogen) atoms. The van der Waals surface area contributed by atoms with E-state index >= 15 is 0 Å². The lowest BCUT2D eigenvalue weighted by Crippen LogP contribution is -2.33. The second kappa shape index (κ2) is 36.9. The summed E-state index contributed by atoms with van der Waals surface area (Å²) in [6.07, 6.45) is 19.0. The number of rotatable bonds is 27. The van der Waals surface area contributed by atoms with Crippen LogP contribution in [0, 0.1) is 0 Å². The zero-order valence-corrected chi connectivity index (χ0v) is 60.6. The summed E-state index contributed by atoms with van der Waals surface area (Å²) in [6, 6.07) is 36.1. The van der Waals surface area contributed by atoms with Gasteiger partial charge >= 0.3 is 0 Å². The summed E-state index contributed by atoms with van der Waals surface area (Å²) >= 11 is 0. The van der Waals surface area contributed by atoms with Crippen molar-refractivity contribution in [2.45, 2.75) is 86.2 Å². The van der Waals surface area contributed by atoms with E-state index in [1.807, 2.05) is 127 Å². The second-order valence-corrected chi connectivity index (χ2v) is 25.3. The minimum absolute atomic E-state index is 0. The molecule has 0 saturated carbocycles. The van der Waals surface area contributed by atoms with E-state index in [0.29, 0.717) is 23.6 Å². The number of aryl methyl sites for hydroxylation is 2. The van der Waals surface area contributed by atoms with Gasteiger partial charge in [0.05, 0.1) is 154 Å². The van der Waals surface area contributed by atoms with Crippen LogP contribution in [0.25, 0.3) is 66.9 Å². The van der Waals surface area contributed by atoms with Crippen molar-refractivity contribution in [1.82, 2.24) is 69.9 Å². The SMILES string of the molecule is C.C.COc1cc(OC)cc(N(CC(O)CN)c2ccc3ncc(-c4cnn(C)c4)nc3c2)c1.COc1ccc(OC)c(N(CCNC(C)C)c2ccc3ncc(-c4cnn(C)c4)nc3c2)c1.COc1ccc(OC)c(N(CCNC(C)C)c2ccc3ncc(-c4cnn(C5CCCCO5)c4)nc3c2)c1. The van der Waals surface area contributed by atoms with E-state index in [1.165, 1.54) is 0 Å². The van der Waals surface area contributed by atoms with Crippen molar-refractivity contribution in [2.75, 3.05) is 103 Å². The van der Waals surface area contributed by atoms with Crippen molar-refractivity contribution in [3.05, 3.63) is 165 Å². The van der Waals surface area contributed by atoms with Gasteiger partial charge in [0.15, 0.2) is 0 Å². The Hall–Kier alpha value is -11.0. The topological polar surface area (TPSA) is 275 Å². The Morgan fingerprint density at radius 2 is 0.914 bits per heavy atom. The molecule has 2 atom stereocenters. The normalized spacial score (nSPS) is 12.9. The Bertz CT molecular complexity index is 4750. The predicted octanol–water partition coefficient (Wildman–Crippen LogP) is 13.3. The molecule has 5 N–H and O–H groups in total. The Morgan fingerprint density at radius 3 is 1.30 bits per heavy atom. The highest BCUT2D eigenvalue weighted by molar-refractivity contribution is 5.86. The number of nitrogens with zero attached hydrogens (tertiary/aromatic N) is 15. The molecule has 0 bridgehead atoms. The molecule has 26 nitrogen and oxygen atoms in total. The first-order valence-corrected chi connectivity index (χ1v) is 34.3. The minimum atomic E-state index is -0.726. The summed E-state index contributed by atoms with van der Waals surface area (Å²) in [4.78, 5) is 34.9. The number of anilines is 6. The Morgan fingerprint density at radius 1 is 0.486 bits per heavy atom. The van der Waals surface area contributed by atoms with Crippen LogP contribution in [0.2, 0.25) is 0 Å². The average molecular weight is 1430 g/mol. The van der Waals surface area contributed by atoms with Crippen LogP contribution in [0.4, 0.5) is 34.1 Å². The van der Waals surface area contributed by atoms with Crippen molar-refractivity contribution >= 4 is 67.2 Å². The second-order valence-electron chi connectivity index (χ2n) is 25.3. The molecule has 6 aromatic carbocycles. The molecule has 1 aliphatic rings. The van der Waals surface area contributed by atoms with E-state index in [-0.39, 0.29) is 34.2 Å². The number of benzene rings is 6. The number of fused-ring (bicyclic) bond motifs is 3. The largest absolute Gasteiger partial charge is 0.497 e. The molecule has 554 valence electrons. The molecule has 2 unspecified atom stereocenters. The molecule has 0 amide bonds. The summed E-state index contributed by atoms with van der Waals surface area (Å²) in [7, 11) is 13.7. The van der Waals surface area contributed by atoms with Crippen LogP contribution >= 0.6 is 0 Å². The predicted molar refractivity (Wildman–Crippen MR) is 418 cm³/mol. The maximum Gasteiger partial charge on any atom is 0.150 e. The number of aromatic nitrogens is 12. The summed E-state index contributed by atoms with van der Waals surface area (Å²) in [5.74, 6) is 4.37. The Kier molecular flexibility index (Phi) is 27.5. The highest BCUT2D eigenvalue weighted by atomic mass is 16.5. The van der Waals surface area contributed by atoms with Crippen LogP contribution in [-0.4, -0.2) is 171 Å². The first kappa shape index (κ1) is 78.1. The highest BCUT2D eigenvalue weighted by Crippen LogP contribution is 2.41. The van der Waals surface area contributed by atoms with Gasteiger partial charge in [0.2, 0.25) is 0 Å². The van der Waals surface area contributed by atoms with Gasteiger partial charge in [-0.05, 0) is 98.1 Å². The Balaban J connectivity index is 0.000000182. The van der Waals surface area contributed by atoms with E-state index in [9.17, 15) is 5.11 Å². The van der Waals surface area contributed by atoms with Crippen molar-refractivity contribution in [3.8, 4) is 68.3 Å². The van der Waals surface area contributed by atoms with Gasteiger partial charge in [0.25, 0.3) is 0 Å². The maximum absolute atomic E-state index is 10.3. The van der Waals surface area contributed by atoms with Gasteiger partial charge in [-0.25, -0.2) is 19.6 Å². The quantitative estimate of drug-likeness (QED) is 0.0372. The van der Waals surface area contributed by atoms with Gasteiger partial charge < -0.3 is 69.3 Å². The number of nitrogens with two attached hydrogens (primary N) is 1. The lowest BCUT2D eigenvalue weighted by molar-refractivity contribution is -0.0394. The molecule has 0 spiro atoms. The van der Waals surface area contributed by atoms with Gasteiger partial charge in [-0.2, -0.15) is 15.3 Å². The Labute approximate surface area is 615 Å². The fourth-order valence-corrected chi connectivity index (χ4v) is 11.9. The molecular formula is C79H100N18O8. The smallest absolute Gasteiger partial charge is 0.150 e. The van der Waals surface area contributed by atoms with Crippen LogP contribution < -0.4 is 59.5 Å². The zero-order chi connectivity index (χ0) is 72.5. The first-order valence-electron chi connectivity index (χ1n) is 34.3. The number of hydrogen-bond donors (Lipinski definition) is 4. The number of aliphatic hydroxyl groups excluding tert-OH is 1. The fourth-order valence-electron chi connectivity index (χ4n) is 11.9. The summed E-state index contributed by atoms with van der Waals surface area (Å²) in [5.41, 5.74) is 21.0. The van der Waals surface area contributed by atoms with Crippen molar-refractivity contribution in [3.63, 3.8) is 0 Å². The number of nitrogens with one attached hydrogen (secondary N) is 2. The van der Waals surface area contributed by atoms with Crippen molar-refractivity contribution in [1.29, 1.82) is 0 Å². The third-order valence-corrected chi connectivity index (χ3v) is 17.3. The molecule has 26 heteroatoms. The van der Waals surface area contributed by atoms with Gasteiger partial charge in [-0.1, -0.05) is 42.5 Å². The van der Waals surface area contributed by atoms with Crippen LogP contribution in [0.5, 0.6) is 34.5 Å². The monoisotopic (exact) mass is 1430 g/mol. The number of ether oxygens (including phenoxy) is 7. The minimum Gasteiger partial charge on any atom is -0.497 e. The molecule has 13 rings (SSSR count). The molecule has 7 heterocycles. The van der Waals surface area contributed by atoms with Gasteiger partial charge in [0.1, 0.15) is 40.7 Å². The summed E-state index contributed by atoms with van der Waals surface area (Å²) in [5, 5.41) is 30.4. The van der Waals surface area contributed by atoms with Crippen LogP contribution in [0.3, 0.4) is 0 Å². The number of methoxy groups -OCH3 is 6. The van der Waals surface area contributed by atoms with Crippen molar-refractivity contribution in [2.24, 2.45) is 19.8 Å². The van der Waals surface area contributed by atoms with E-state index in [2.05, 4.69) is 97.7 Å². The van der Waals surface area contributed by atoms with Gasteiger partial charge in [-0.3, -0.25) is 24.3 Å². The number of hydrogen-bond acceptors (Lipinski definition) is 23. The maximum atomic E-state index is 10.3. The number of aliphatic hydroxyl groups is 1. The van der Waals surface area contributed by atoms with E-state index in [1.54, 1.807) is 89.1 Å².